The summed E-state index contributed by atoms with van der Waals surface area (Å²) in [6, 6.07) is 9.47. The van der Waals surface area contributed by atoms with E-state index in [-0.39, 0.29) is 62.0 Å². The van der Waals surface area contributed by atoms with Crippen LogP contribution in [0.3, 0.4) is 0 Å². The van der Waals surface area contributed by atoms with Gasteiger partial charge in [0.2, 0.25) is 5.44 Å². The van der Waals surface area contributed by atoms with Crippen molar-refractivity contribution in [1.29, 1.82) is 0 Å². The molecule has 0 aromatic heterocycles. The van der Waals surface area contributed by atoms with Crippen molar-refractivity contribution in [2.75, 3.05) is 0 Å². The van der Waals surface area contributed by atoms with Gasteiger partial charge in [-0.2, -0.15) is 8.42 Å². The molecule has 0 radical (unpaired) electrons. The maximum Gasteiger partial charge on any atom is 1.00 e. The molecule has 0 saturated heterocycles. The molecule has 1 N–H and O–H groups in total. The number of ether oxygens (including phenoxy) is 1. The molecule has 0 aliphatic carbocycles. The fourth-order valence-electron chi connectivity index (χ4n) is 2.68. The third kappa shape index (κ3) is 16.2. The van der Waals surface area contributed by atoms with E-state index in [4.69, 9.17) is 4.74 Å². The van der Waals surface area contributed by atoms with Gasteiger partial charge >= 0.3 is 69.2 Å². The molecule has 146 valence electrons. The van der Waals surface area contributed by atoms with E-state index >= 15 is 0 Å². The Morgan fingerprint density at radius 3 is 2.00 bits per heavy atom. The summed E-state index contributed by atoms with van der Waals surface area (Å²) in [5.41, 5.74) is -0.267. The molecule has 4 nitrogen and oxygen atoms in total. The van der Waals surface area contributed by atoms with Crippen LogP contribution in [0.1, 0.15) is 79.5 Å². The summed E-state index contributed by atoms with van der Waals surface area (Å²) < 4.78 is 37.4. The van der Waals surface area contributed by atoms with E-state index in [1.807, 2.05) is 30.3 Å². The van der Waals surface area contributed by atoms with Crippen LogP contribution < -0.4 is 59.1 Å². The van der Waals surface area contributed by atoms with Crippen LogP contribution in [0.25, 0.3) is 6.08 Å². The van der Waals surface area contributed by atoms with Crippen LogP contribution in [0.5, 0.6) is 0 Å². The minimum Gasteiger partial charge on any atom is -1.00 e. The van der Waals surface area contributed by atoms with Gasteiger partial charge in [-0.05, 0) is 18.1 Å². The van der Waals surface area contributed by atoms with Crippen molar-refractivity contribution < 1.29 is 79.7 Å². The topological polar surface area (TPSA) is 63.6 Å². The van der Waals surface area contributed by atoms with E-state index in [1.165, 1.54) is 44.8 Å². The minimum absolute atomic E-state index is 0. The van der Waals surface area contributed by atoms with Gasteiger partial charge in [-0.3, -0.25) is 4.55 Å². The molecule has 1 rings (SSSR count). The standard InChI is InChI=1S/C20H32O4S.2Na.2H/c1-2-3-4-5-6-7-8-9-13-16-20(25(21,22)23)24-18-17-19-14-11-10-12-15-19;;;;/h10-12,14-15,17-18,20H,2-9,13,16H2,1H3,(H,21,22,23);;;;/q;2*+1;2*-1. The Morgan fingerprint density at radius 2 is 1.48 bits per heavy atom. The third-order valence-electron chi connectivity index (χ3n) is 4.17. The first kappa shape index (κ1) is 29.9. The molecule has 0 heterocycles. The van der Waals surface area contributed by atoms with Crippen molar-refractivity contribution in [2.24, 2.45) is 0 Å². The summed E-state index contributed by atoms with van der Waals surface area (Å²) in [6.45, 7) is 2.21. The first-order valence-electron chi connectivity index (χ1n) is 9.37. The summed E-state index contributed by atoms with van der Waals surface area (Å²) in [5.74, 6) is 0. The number of hydrogen-bond acceptors (Lipinski definition) is 3. The van der Waals surface area contributed by atoms with Crippen LogP contribution >= 0.6 is 0 Å². The molecule has 0 aliphatic rings. The van der Waals surface area contributed by atoms with E-state index < -0.39 is 15.6 Å². The molecular weight excluding hydrogens is 382 g/mol. The number of hydrogen-bond donors (Lipinski definition) is 1. The molecule has 27 heavy (non-hydrogen) atoms. The fraction of sp³-hybridized carbons (Fsp3) is 0.600. The van der Waals surface area contributed by atoms with Crippen molar-refractivity contribution in [3.8, 4) is 0 Å². The molecule has 0 amide bonds. The smallest absolute Gasteiger partial charge is 1.00 e. The van der Waals surface area contributed by atoms with Crippen molar-refractivity contribution in [3.05, 3.63) is 42.2 Å². The second-order valence-corrected chi connectivity index (χ2v) is 7.97. The summed E-state index contributed by atoms with van der Waals surface area (Å²) in [5, 5.41) is 0. The van der Waals surface area contributed by atoms with Gasteiger partial charge in [-0.25, -0.2) is 0 Å². The molecule has 0 aliphatic heterocycles. The summed E-state index contributed by atoms with van der Waals surface area (Å²) >= 11 is 0. The van der Waals surface area contributed by atoms with Gasteiger partial charge in [-0.1, -0.05) is 88.6 Å². The van der Waals surface area contributed by atoms with Crippen LogP contribution in [0.4, 0.5) is 0 Å². The van der Waals surface area contributed by atoms with Crippen LogP contribution in [-0.4, -0.2) is 18.4 Å². The van der Waals surface area contributed by atoms with Crippen molar-refractivity contribution >= 4 is 16.2 Å². The van der Waals surface area contributed by atoms with Crippen molar-refractivity contribution in [3.63, 3.8) is 0 Å². The van der Waals surface area contributed by atoms with E-state index in [0.29, 0.717) is 6.42 Å². The Kier molecular flexibility index (Phi) is 20.7. The Balaban J connectivity index is -0.000000781. The molecule has 0 bridgehead atoms. The first-order valence-corrected chi connectivity index (χ1v) is 10.9. The number of rotatable bonds is 14. The predicted octanol–water partition coefficient (Wildman–Crippen LogP) is 0.0417. The zero-order valence-electron chi connectivity index (χ0n) is 19.3. The first-order chi connectivity index (χ1) is 12.0. The number of unbranched alkanes of at least 4 members (excludes halogenated alkanes) is 8. The molecule has 7 heteroatoms. The average Bonchev–Trinajstić information content (AvgIpc) is 2.58. The van der Waals surface area contributed by atoms with Gasteiger partial charge < -0.3 is 7.59 Å². The van der Waals surface area contributed by atoms with Crippen molar-refractivity contribution in [1.82, 2.24) is 0 Å². The fourth-order valence-corrected chi connectivity index (χ4v) is 3.35. The normalized spacial score (nSPS) is 12.2. The number of benzene rings is 1. The third-order valence-corrected chi connectivity index (χ3v) is 5.18. The van der Waals surface area contributed by atoms with E-state index in [0.717, 1.165) is 24.8 Å². The molecule has 0 fully saturated rings. The van der Waals surface area contributed by atoms with Crippen LogP contribution in [0.2, 0.25) is 0 Å². The van der Waals surface area contributed by atoms with Gasteiger partial charge in [0.1, 0.15) is 0 Å². The molecule has 1 aromatic rings. The maximum atomic E-state index is 11.4. The van der Waals surface area contributed by atoms with Gasteiger partial charge in [-0.15, -0.1) is 0 Å². The Labute approximate surface area is 212 Å². The van der Waals surface area contributed by atoms with Gasteiger partial charge in [0.05, 0.1) is 6.26 Å². The van der Waals surface area contributed by atoms with Gasteiger partial charge in [0, 0.05) is 6.42 Å². The summed E-state index contributed by atoms with van der Waals surface area (Å²) in [7, 11) is -4.20. The SMILES string of the molecule is CCCCCCCCCCCC(OC=Cc1ccccc1)S(=O)(=O)O.[H-].[H-].[Na+].[Na+]. The zero-order chi connectivity index (χ0) is 18.4. The molecule has 1 aromatic carbocycles. The Morgan fingerprint density at radius 1 is 0.963 bits per heavy atom. The van der Waals surface area contributed by atoms with Crippen LogP contribution in [0.15, 0.2) is 36.6 Å². The maximum absolute atomic E-state index is 11.4. The van der Waals surface area contributed by atoms with E-state index in [9.17, 15) is 13.0 Å². The Hall–Kier alpha value is 0.670. The Bertz CT molecular complexity index is 587. The monoisotopic (exact) mass is 416 g/mol. The molecule has 0 saturated carbocycles. The zero-order valence-corrected chi connectivity index (χ0v) is 22.1. The van der Waals surface area contributed by atoms with Gasteiger partial charge in [0.25, 0.3) is 0 Å². The predicted molar refractivity (Wildman–Crippen MR) is 106 cm³/mol. The molecular formula is C20H34Na2O4S. The average molecular weight is 417 g/mol. The largest absolute Gasteiger partial charge is 1.00 e. The minimum atomic E-state index is -4.20. The molecule has 1 atom stereocenters. The van der Waals surface area contributed by atoms with Crippen LogP contribution in [-0.2, 0) is 14.9 Å². The van der Waals surface area contributed by atoms with Crippen LogP contribution in [0, 0.1) is 0 Å². The van der Waals surface area contributed by atoms with Gasteiger partial charge in [0.15, 0.2) is 0 Å². The van der Waals surface area contributed by atoms with Crippen molar-refractivity contribution in [2.45, 2.75) is 76.6 Å². The summed E-state index contributed by atoms with van der Waals surface area (Å²) in [6.07, 6.45) is 13.8. The molecule has 1 unspecified atom stereocenters. The quantitative estimate of drug-likeness (QED) is 0.201. The second kappa shape index (κ2) is 18.7. The molecule has 0 spiro atoms. The van der Waals surface area contributed by atoms with E-state index in [1.54, 1.807) is 6.08 Å². The van der Waals surface area contributed by atoms with E-state index in [2.05, 4.69) is 6.92 Å². The summed E-state index contributed by atoms with van der Waals surface area (Å²) in [4.78, 5) is 0. The second-order valence-electron chi connectivity index (χ2n) is 6.41.